The van der Waals surface area contributed by atoms with Crippen LogP contribution >= 0.6 is 0 Å². The molecule has 3 aliphatic rings. The van der Waals surface area contributed by atoms with Crippen LogP contribution in [-0.2, 0) is 6.18 Å². The molecule has 1 aliphatic carbocycles. The molecule has 0 radical (unpaired) electrons. The van der Waals surface area contributed by atoms with Crippen molar-refractivity contribution in [3.05, 3.63) is 24.0 Å². The molecule has 3 heterocycles. The third-order valence-corrected chi connectivity index (χ3v) is 5.53. The molecule has 0 aromatic carbocycles. The number of hydrogen-bond acceptors (Lipinski definition) is 3. The van der Waals surface area contributed by atoms with Crippen LogP contribution in [0.5, 0.6) is 0 Å². The number of nitrogens with zero attached hydrogens (tertiary/aromatic N) is 3. The summed E-state index contributed by atoms with van der Waals surface area (Å²) < 4.78 is 38.2. The second-order valence-electron chi connectivity index (χ2n) is 6.86. The molecule has 1 aromatic heterocycles. The molecule has 1 aromatic rings. The molecule has 120 valence electrons. The average molecular weight is 311 g/mol. The lowest BCUT2D eigenvalue weighted by Crippen LogP contribution is -2.59. The predicted molar refractivity (Wildman–Crippen MR) is 77.6 cm³/mol. The Labute approximate surface area is 128 Å². The quantitative estimate of drug-likeness (QED) is 0.837. The number of hydrogen-bond donors (Lipinski definition) is 0. The Morgan fingerprint density at radius 3 is 2.36 bits per heavy atom. The summed E-state index contributed by atoms with van der Waals surface area (Å²) in [6, 6.07) is 3.34. The Morgan fingerprint density at radius 2 is 1.73 bits per heavy atom. The predicted octanol–water partition coefficient (Wildman–Crippen LogP) is 3.02. The summed E-state index contributed by atoms with van der Waals surface area (Å²) in [5.41, 5.74) is -0.165. The molecule has 0 bridgehead atoms. The zero-order valence-corrected chi connectivity index (χ0v) is 12.4. The van der Waals surface area contributed by atoms with Gasteiger partial charge in [-0.2, -0.15) is 13.2 Å². The van der Waals surface area contributed by atoms with Gasteiger partial charge in [0, 0.05) is 44.1 Å². The Bertz CT molecular complexity index is 542. The first kappa shape index (κ1) is 14.3. The molecule has 2 atom stereocenters. The Hall–Kier alpha value is -1.30. The summed E-state index contributed by atoms with van der Waals surface area (Å²) in [5, 5.41) is 0. The maximum Gasteiger partial charge on any atom is 0.433 e. The lowest BCUT2D eigenvalue weighted by molar-refractivity contribution is -0.141. The Balaban J connectivity index is 1.37. The van der Waals surface area contributed by atoms with Crippen molar-refractivity contribution in [2.45, 2.75) is 31.5 Å². The van der Waals surface area contributed by atoms with Crippen molar-refractivity contribution < 1.29 is 13.2 Å². The van der Waals surface area contributed by atoms with Gasteiger partial charge in [-0.05, 0) is 36.8 Å². The molecule has 6 heteroatoms. The minimum Gasteiger partial charge on any atom is -0.368 e. The van der Waals surface area contributed by atoms with E-state index in [0.717, 1.165) is 31.0 Å². The molecule has 3 nitrogen and oxygen atoms in total. The summed E-state index contributed by atoms with van der Waals surface area (Å²) in [5.74, 6) is 1.73. The molecular weight excluding hydrogens is 291 g/mol. The van der Waals surface area contributed by atoms with Crippen molar-refractivity contribution >= 4 is 5.69 Å². The molecule has 2 unspecified atom stereocenters. The van der Waals surface area contributed by atoms with Gasteiger partial charge in [-0.25, -0.2) is 0 Å². The van der Waals surface area contributed by atoms with Crippen molar-refractivity contribution in [3.8, 4) is 0 Å². The van der Waals surface area contributed by atoms with E-state index < -0.39 is 11.9 Å². The van der Waals surface area contributed by atoms with Crippen LogP contribution in [0.3, 0.4) is 0 Å². The van der Waals surface area contributed by atoms with Crippen LogP contribution in [0.4, 0.5) is 18.9 Å². The fourth-order valence-electron chi connectivity index (χ4n) is 4.24. The van der Waals surface area contributed by atoms with Gasteiger partial charge < -0.3 is 4.90 Å². The van der Waals surface area contributed by atoms with Gasteiger partial charge in [0.15, 0.2) is 0 Å². The van der Waals surface area contributed by atoms with Gasteiger partial charge in [0.05, 0.1) is 0 Å². The van der Waals surface area contributed by atoms with E-state index in [9.17, 15) is 13.2 Å². The summed E-state index contributed by atoms with van der Waals surface area (Å²) in [6.07, 6.45) is 0.976. The zero-order chi connectivity index (χ0) is 15.3. The number of rotatable bonds is 2. The molecule has 0 amide bonds. The topological polar surface area (TPSA) is 19.4 Å². The third kappa shape index (κ3) is 2.47. The number of anilines is 1. The molecule has 22 heavy (non-hydrogen) atoms. The van der Waals surface area contributed by atoms with Crippen molar-refractivity contribution in [1.82, 2.24) is 9.88 Å². The first-order valence-corrected chi connectivity index (χ1v) is 8.03. The highest BCUT2D eigenvalue weighted by atomic mass is 19.4. The second kappa shape index (κ2) is 5.11. The van der Waals surface area contributed by atoms with E-state index in [1.165, 1.54) is 38.5 Å². The van der Waals surface area contributed by atoms with Gasteiger partial charge in [-0.15, -0.1) is 0 Å². The van der Waals surface area contributed by atoms with E-state index in [-0.39, 0.29) is 0 Å². The highest BCUT2D eigenvalue weighted by Crippen LogP contribution is 2.40. The molecule has 2 saturated heterocycles. The first-order chi connectivity index (χ1) is 10.5. The number of fused-ring (bicyclic) bond motifs is 1. The van der Waals surface area contributed by atoms with Gasteiger partial charge in [0.1, 0.15) is 5.69 Å². The number of likely N-dealkylation sites (tertiary alicyclic amines) is 1. The second-order valence-corrected chi connectivity index (χ2v) is 6.86. The molecule has 3 fully saturated rings. The third-order valence-electron chi connectivity index (χ3n) is 5.53. The Morgan fingerprint density at radius 1 is 1.05 bits per heavy atom. The van der Waals surface area contributed by atoms with Crippen LogP contribution in [0.15, 0.2) is 18.3 Å². The van der Waals surface area contributed by atoms with Crippen LogP contribution < -0.4 is 4.90 Å². The Kier molecular flexibility index (Phi) is 3.33. The molecular formula is C16H20F3N3. The lowest BCUT2D eigenvalue weighted by atomic mass is 10.0. The summed E-state index contributed by atoms with van der Waals surface area (Å²) >= 11 is 0. The molecule has 1 saturated carbocycles. The van der Waals surface area contributed by atoms with E-state index in [4.69, 9.17) is 0 Å². The maximum absolute atomic E-state index is 12.7. The van der Waals surface area contributed by atoms with E-state index in [0.29, 0.717) is 11.7 Å². The largest absolute Gasteiger partial charge is 0.433 e. The van der Waals surface area contributed by atoms with Crippen molar-refractivity contribution in [3.63, 3.8) is 0 Å². The number of halogens is 3. The highest BCUT2D eigenvalue weighted by Gasteiger charge is 2.42. The molecule has 0 spiro atoms. The smallest absolute Gasteiger partial charge is 0.368 e. The normalized spacial score (nSPS) is 29.7. The SMILES string of the molecule is FC(F)(F)c1cc(N2CC(N3CC4CCCC4C3)C2)ccn1. The summed E-state index contributed by atoms with van der Waals surface area (Å²) in [6.45, 7) is 4.04. The molecule has 2 aliphatic heterocycles. The van der Waals surface area contributed by atoms with Crippen LogP contribution in [0.25, 0.3) is 0 Å². The van der Waals surface area contributed by atoms with E-state index >= 15 is 0 Å². The summed E-state index contributed by atoms with van der Waals surface area (Å²) in [4.78, 5) is 8.00. The zero-order valence-electron chi connectivity index (χ0n) is 12.4. The van der Waals surface area contributed by atoms with Gasteiger partial charge in [0.25, 0.3) is 0 Å². The van der Waals surface area contributed by atoms with Gasteiger partial charge in [0.2, 0.25) is 0 Å². The van der Waals surface area contributed by atoms with Crippen LogP contribution in [0, 0.1) is 11.8 Å². The van der Waals surface area contributed by atoms with Gasteiger partial charge >= 0.3 is 6.18 Å². The minimum atomic E-state index is -4.37. The van der Waals surface area contributed by atoms with Crippen LogP contribution in [-0.4, -0.2) is 42.1 Å². The number of pyridine rings is 1. The van der Waals surface area contributed by atoms with Gasteiger partial charge in [-0.3, -0.25) is 9.88 Å². The lowest BCUT2D eigenvalue weighted by Gasteiger charge is -2.45. The fourth-order valence-corrected chi connectivity index (χ4v) is 4.24. The van der Waals surface area contributed by atoms with Crippen LogP contribution in [0.2, 0.25) is 0 Å². The maximum atomic E-state index is 12.7. The minimum absolute atomic E-state index is 0.508. The first-order valence-electron chi connectivity index (χ1n) is 8.03. The van der Waals surface area contributed by atoms with E-state index in [1.54, 1.807) is 6.07 Å². The van der Waals surface area contributed by atoms with Crippen molar-refractivity contribution in [1.29, 1.82) is 0 Å². The van der Waals surface area contributed by atoms with Gasteiger partial charge in [-0.1, -0.05) is 6.42 Å². The highest BCUT2D eigenvalue weighted by molar-refractivity contribution is 5.50. The number of alkyl halides is 3. The molecule has 0 N–H and O–H groups in total. The molecule has 4 rings (SSSR count). The standard InChI is InChI=1S/C16H20F3N3/c17-16(18,19)15-6-13(4-5-20-15)22-9-14(10-22)21-7-11-2-1-3-12(11)8-21/h4-6,11-12,14H,1-3,7-10H2. The fraction of sp³-hybridized carbons (Fsp3) is 0.688. The van der Waals surface area contributed by atoms with Crippen molar-refractivity contribution in [2.24, 2.45) is 11.8 Å². The number of aromatic nitrogens is 1. The summed E-state index contributed by atoms with van der Waals surface area (Å²) in [7, 11) is 0. The van der Waals surface area contributed by atoms with Crippen molar-refractivity contribution in [2.75, 3.05) is 31.1 Å². The van der Waals surface area contributed by atoms with Crippen LogP contribution in [0.1, 0.15) is 25.0 Å². The average Bonchev–Trinajstić information content (AvgIpc) is 2.97. The van der Waals surface area contributed by atoms with E-state index in [2.05, 4.69) is 9.88 Å². The van der Waals surface area contributed by atoms with E-state index in [1.807, 2.05) is 4.90 Å². The monoisotopic (exact) mass is 311 g/mol.